The van der Waals surface area contributed by atoms with E-state index in [0.717, 1.165) is 44.9 Å². The molecular formula is C28H42O4. The molecule has 0 aromatic carbocycles. The lowest BCUT2D eigenvalue weighted by molar-refractivity contribution is -0.150. The Labute approximate surface area is 194 Å². The summed E-state index contributed by atoms with van der Waals surface area (Å²) >= 11 is 0. The molecule has 3 aliphatic carbocycles. The van der Waals surface area contributed by atoms with Gasteiger partial charge in [0.05, 0.1) is 12.2 Å². The van der Waals surface area contributed by atoms with E-state index in [1.165, 1.54) is 24.8 Å². The largest absolute Gasteiger partial charge is 0.462 e. The van der Waals surface area contributed by atoms with E-state index >= 15 is 0 Å². The first-order chi connectivity index (χ1) is 15.5. The zero-order valence-corrected chi connectivity index (χ0v) is 20.0. The number of carbonyl (C=O) groups is 1. The minimum Gasteiger partial charge on any atom is -0.462 e. The summed E-state index contributed by atoms with van der Waals surface area (Å²) in [5.41, 5.74) is 1.47. The van der Waals surface area contributed by atoms with Crippen molar-refractivity contribution < 1.29 is 19.7 Å². The minimum atomic E-state index is -0.521. The number of hydrogen-bond acceptors (Lipinski definition) is 4. The maximum Gasteiger partial charge on any atom is 0.306 e. The summed E-state index contributed by atoms with van der Waals surface area (Å²) in [6.45, 7) is 3.83. The van der Waals surface area contributed by atoms with Crippen LogP contribution in [0.3, 0.4) is 0 Å². The number of esters is 1. The highest BCUT2D eigenvalue weighted by Gasteiger charge is 2.45. The van der Waals surface area contributed by atoms with Gasteiger partial charge >= 0.3 is 5.97 Å². The van der Waals surface area contributed by atoms with Crippen LogP contribution in [-0.2, 0) is 9.53 Å². The van der Waals surface area contributed by atoms with Gasteiger partial charge in [0, 0.05) is 18.8 Å². The third-order valence-corrected chi connectivity index (χ3v) is 7.69. The van der Waals surface area contributed by atoms with Gasteiger partial charge in [-0.05, 0) is 82.5 Å². The quantitative estimate of drug-likeness (QED) is 0.219. The van der Waals surface area contributed by atoms with E-state index in [1.54, 1.807) is 0 Å². The highest BCUT2D eigenvalue weighted by Crippen LogP contribution is 2.50. The zero-order chi connectivity index (χ0) is 22.9. The van der Waals surface area contributed by atoms with Gasteiger partial charge in [-0.15, -0.1) is 11.8 Å². The molecule has 0 bridgehead atoms. The summed E-state index contributed by atoms with van der Waals surface area (Å²) in [7, 11) is 0. The molecule has 3 saturated carbocycles. The Morgan fingerprint density at radius 2 is 2.03 bits per heavy atom. The molecule has 4 nitrogen and oxygen atoms in total. The Morgan fingerprint density at radius 1 is 1.25 bits per heavy atom. The number of allylic oxidation sites excluding steroid dienone is 2. The third-order valence-electron chi connectivity index (χ3n) is 7.69. The molecule has 4 heteroatoms. The number of ether oxygens (including phenoxy) is 1. The van der Waals surface area contributed by atoms with Crippen molar-refractivity contribution in [3.05, 3.63) is 23.8 Å². The SMILES string of the molecule is CC#CCC(C)C(O)C=CC1C(O)CC2CC(=CCCCC(=O)OC3CCCCC3)CC21. The van der Waals surface area contributed by atoms with Crippen LogP contribution >= 0.6 is 0 Å². The second-order valence-corrected chi connectivity index (χ2v) is 10.2. The van der Waals surface area contributed by atoms with Gasteiger partial charge in [-0.1, -0.05) is 37.1 Å². The molecule has 0 saturated heterocycles. The van der Waals surface area contributed by atoms with Crippen LogP contribution < -0.4 is 0 Å². The van der Waals surface area contributed by atoms with Gasteiger partial charge < -0.3 is 14.9 Å². The second kappa shape index (κ2) is 12.6. The molecule has 178 valence electrons. The van der Waals surface area contributed by atoms with E-state index in [4.69, 9.17) is 4.74 Å². The lowest BCUT2D eigenvalue weighted by Crippen LogP contribution is -2.20. The van der Waals surface area contributed by atoms with Crippen molar-refractivity contribution in [2.75, 3.05) is 0 Å². The fourth-order valence-corrected chi connectivity index (χ4v) is 5.74. The van der Waals surface area contributed by atoms with Crippen molar-refractivity contribution in [2.24, 2.45) is 23.7 Å². The molecular weight excluding hydrogens is 400 g/mol. The van der Waals surface area contributed by atoms with Gasteiger partial charge in [0.2, 0.25) is 0 Å². The topological polar surface area (TPSA) is 66.8 Å². The Hall–Kier alpha value is -1.57. The van der Waals surface area contributed by atoms with Crippen LogP contribution in [0.25, 0.3) is 0 Å². The zero-order valence-electron chi connectivity index (χ0n) is 20.0. The first-order valence-corrected chi connectivity index (χ1v) is 12.8. The highest BCUT2D eigenvalue weighted by atomic mass is 16.5. The molecule has 0 aliphatic heterocycles. The summed E-state index contributed by atoms with van der Waals surface area (Å²) in [4.78, 5) is 12.1. The molecule has 6 atom stereocenters. The van der Waals surface area contributed by atoms with Crippen LogP contribution in [0.4, 0.5) is 0 Å². The van der Waals surface area contributed by atoms with E-state index in [9.17, 15) is 15.0 Å². The van der Waals surface area contributed by atoms with Crippen molar-refractivity contribution >= 4 is 5.97 Å². The second-order valence-electron chi connectivity index (χ2n) is 10.2. The summed E-state index contributed by atoms with van der Waals surface area (Å²) in [5, 5.41) is 20.9. The third kappa shape index (κ3) is 7.22. The van der Waals surface area contributed by atoms with Crippen molar-refractivity contribution in [1.82, 2.24) is 0 Å². The predicted molar refractivity (Wildman–Crippen MR) is 128 cm³/mol. The van der Waals surface area contributed by atoms with Crippen LogP contribution in [0.2, 0.25) is 0 Å². The minimum absolute atomic E-state index is 0.0374. The molecule has 2 N–H and O–H groups in total. The van der Waals surface area contributed by atoms with E-state index < -0.39 is 6.10 Å². The molecule has 3 fully saturated rings. The Bertz CT molecular complexity index is 721. The van der Waals surface area contributed by atoms with Crippen LogP contribution in [0.5, 0.6) is 0 Å². The fraction of sp³-hybridized carbons (Fsp3) is 0.750. The fourth-order valence-electron chi connectivity index (χ4n) is 5.74. The van der Waals surface area contributed by atoms with Gasteiger partial charge in [-0.2, -0.15) is 0 Å². The molecule has 3 rings (SSSR count). The highest BCUT2D eigenvalue weighted by molar-refractivity contribution is 5.69. The molecule has 0 radical (unpaired) electrons. The van der Waals surface area contributed by atoms with Gasteiger partial charge in [0.1, 0.15) is 6.10 Å². The molecule has 0 spiro atoms. The van der Waals surface area contributed by atoms with Gasteiger partial charge in [0.15, 0.2) is 0 Å². The van der Waals surface area contributed by atoms with Crippen molar-refractivity contribution in [1.29, 1.82) is 0 Å². The number of rotatable bonds is 9. The number of unbranched alkanes of at least 4 members (excludes halogenated alkanes) is 1. The van der Waals surface area contributed by atoms with Gasteiger partial charge in [-0.25, -0.2) is 0 Å². The molecule has 3 aliphatic rings. The van der Waals surface area contributed by atoms with E-state index in [2.05, 4.69) is 24.0 Å². The van der Waals surface area contributed by atoms with Crippen molar-refractivity contribution in [2.45, 2.75) is 109 Å². The van der Waals surface area contributed by atoms with Gasteiger partial charge in [-0.3, -0.25) is 4.79 Å². The Kier molecular flexibility index (Phi) is 9.88. The summed E-state index contributed by atoms with van der Waals surface area (Å²) < 4.78 is 5.61. The van der Waals surface area contributed by atoms with Crippen molar-refractivity contribution in [3.63, 3.8) is 0 Å². The summed E-state index contributed by atoms with van der Waals surface area (Å²) in [5.74, 6) is 7.08. The number of aliphatic hydroxyl groups is 2. The van der Waals surface area contributed by atoms with E-state index in [1.807, 2.05) is 19.9 Å². The predicted octanol–water partition coefficient (Wildman–Crippen LogP) is 5.33. The Morgan fingerprint density at radius 3 is 2.78 bits per heavy atom. The number of fused-ring (bicyclic) bond motifs is 1. The number of hydrogen-bond donors (Lipinski definition) is 2. The monoisotopic (exact) mass is 442 g/mol. The molecule has 6 unspecified atom stereocenters. The van der Waals surface area contributed by atoms with Crippen LogP contribution in [0.15, 0.2) is 23.8 Å². The van der Waals surface area contributed by atoms with Crippen LogP contribution in [0.1, 0.15) is 90.9 Å². The smallest absolute Gasteiger partial charge is 0.306 e. The summed E-state index contributed by atoms with van der Waals surface area (Å²) in [6, 6.07) is 0. The average Bonchev–Trinajstić information content (AvgIpc) is 3.30. The molecule has 0 aromatic rings. The molecule has 0 aromatic heterocycles. The average molecular weight is 443 g/mol. The maximum atomic E-state index is 12.1. The first-order valence-electron chi connectivity index (χ1n) is 12.8. The number of aliphatic hydroxyl groups excluding tert-OH is 2. The van der Waals surface area contributed by atoms with Crippen LogP contribution in [0, 0.1) is 35.5 Å². The first kappa shape index (κ1) is 25.1. The number of carbonyl (C=O) groups excluding carboxylic acids is 1. The van der Waals surface area contributed by atoms with Crippen LogP contribution in [-0.4, -0.2) is 34.5 Å². The van der Waals surface area contributed by atoms with Crippen molar-refractivity contribution in [3.8, 4) is 11.8 Å². The normalized spacial score (nSPS) is 31.3. The Balaban J connectivity index is 1.41. The van der Waals surface area contributed by atoms with Gasteiger partial charge in [0.25, 0.3) is 0 Å². The summed E-state index contributed by atoms with van der Waals surface area (Å²) in [6.07, 6.45) is 17.2. The lowest BCUT2D eigenvalue weighted by atomic mass is 9.89. The molecule has 0 heterocycles. The lowest BCUT2D eigenvalue weighted by Gasteiger charge is -2.21. The molecule has 0 amide bonds. The molecule has 32 heavy (non-hydrogen) atoms. The standard InChI is InChI=1S/C28H42O4/c1-3-4-10-20(2)26(29)16-15-24-25-18-21(17-22(25)19-27(24)30)11-8-9-14-28(31)32-23-12-6-5-7-13-23/h11,15-16,20,22-27,29-30H,5-10,12-14,17-19H2,1-2H3. The maximum absolute atomic E-state index is 12.1. The van der Waals surface area contributed by atoms with E-state index in [0.29, 0.717) is 24.7 Å². The van der Waals surface area contributed by atoms with E-state index in [-0.39, 0.29) is 30.0 Å².